The highest BCUT2D eigenvalue weighted by Crippen LogP contribution is 2.65. The van der Waals surface area contributed by atoms with Gasteiger partial charge in [0.15, 0.2) is 0 Å². The number of ether oxygens (including phenoxy) is 1. The monoisotopic (exact) mass is 606 g/mol. The maximum Gasteiger partial charge on any atom is 0.482 e. The summed E-state index contributed by atoms with van der Waals surface area (Å²) in [6.45, 7) is 7.69. The van der Waals surface area contributed by atoms with E-state index >= 15 is 0 Å². The molecule has 234 valence electrons. The standard InChI is InChI=1S/C37H43BN2O5/c1-35(2)29-20-31(35)36(3)32(21-29)43-38(44-36)33(19-26-13-7-4-8-14-26)39-34(41)37(22-27-15-9-5-10-16-27)23-30(40-45-37)25-42-24-28-17-11-6-12-18-28/h4-18,29,31-33H,19-25H2,1-3H3,(H,39,41)/t29-,31-,32+,33-,36-,37?/m0/s1. The third-order valence-corrected chi connectivity index (χ3v) is 10.9. The van der Waals surface area contributed by atoms with Crippen molar-refractivity contribution < 1.29 is 23.7 Å². The molecule has 5 aliphatic rings. The Kier molecular flexibility index (Phi) is 8.09. The quantitative estimate of drug-likeness (QED) is 0.273. The maximum absolute atomic E-state index is 14.5. The van der Waals surface area contributed by atoms with Crippen LogP contribution in [0.1, 0.15) is 56.7 Å². The Morgan fingerprint density at radius 1 is 0.911 bits per heavy atom. The molecule has 7 nitrogen and oxygen atoms in total. The van der Waals surface area contributed by atoms with Crippen LogP contribution in [0.25, 0.3) is 0 Å². The number of nitrogens with one attached hydrogen (secondary N) is 1. The maximum atomic E-state index is 14.5. The zero-order chi connectivity index (χ0) is 31.1. The van der Waals surface area contributed by atoms with Crippen LogP contribution < -0.4 is 5.32 Å². The number of carbonyl (C=O) groups excluding carboxylic acids is 1. The Labute approximate surface area is 266 Å². The Morgan fingerprint density at radius 3 is 2.22 bits per heavy atom. The lowest BCUT2D eigenvalue weighted by Gasteiger charge is -2.64. The van der Waals surface area contributed by atoms with E-state index in [9.17, 15) is 4.79 Å². The number of amides is 1. The lowest BCUT2D eigenvalue weighted by molar-refractivity contribution is -0.199. The molecule has 0 radical (unpaired) electrons. The first-order chi connectivity index (χ1) is 21.7. The summed E-state index contributed by atoms with van der Waals surface area (Å²) in [7, 11) is -0.566. The van der Waals surface area contributed by atoms with E-state index < -0.39 is 18.7 Å². The summed E-state index contributed by atoms with van der Waals surface area (Å²) in [5, 5.41) is 7.76. The average molecular weight is 607 g/mol. The van der Waals surface area contributed by atoms with Crippen LogP contribution >= 0.6 is 0 Å². The number of nitrogens with zero attached hydrogens (tertiary/aromatic N) is 1. The lowest BCUT2D eigenvalue weighted by Crippen LogP contribution is -2.65. The summed E-state index contributed by atoms with van der Waals surface area (Å²) in [4.78, 5) is 20.6. The van der Waals surface area contributed by atoms with Crippen molar-refractivity contribution in [1.29, 1.82) is 0 Å². The minimum absolute atomic E-state index is 0.0205. The molecule has 2 aliphatic heterocycles. The predicted molar refractivity (Wildman–Crippen MR) is 174 cm³/mol. The molecule has 4 fully saturated rings. The molecule has 2 heterocycles. The fourth-order valence-corrected chi connectivity index (χ4v) is 8.16. The van der Waals surface area contributed by atoms with Crippen LogP contribution in [-0.4, -0.2) is 48.6 Å². The van der Waals surface area contributed by atoms with E-state index in [1.807, 2.05) is 78.9 Å². The Hall–Kier alpha value is -3.46. The van der Waals surface area contributed by atoms with Crippen LogP contribution in [0.5, 0.6) is 0 Å². The minimum atomic E-state index is -1.21. The van der Waals surface area contributed by atoms with Crippen molar-refractivity contribution in [3.05, 3.63) is 108 Å². The van der Waals surface area contributed by atoms with E-state index in [1.165, 1.54) is 6.42 Å². The van der Waals surface area contributed by atoms with Crippen LogP contribution in [0.4, 0.5) is 0 Å². The smallest absolute Gasteiger partial charge is 0.404 e. The van der Waals surface area contributed by atoms with Gasteiger partial charge in [0.1, 0.15) is 0 Å². The Bertz CT molecular complexity index is 1520. The molecule has 2 bridgehead atoms. The van der Waals surface area contributed by atoms with Crippen molar-refractivity contribution in [2.75, 3.05) is 6.61 Å². The summed E-state index contributed by atoms with van der Waals surface area (Å²) >= 11 is 0. The molecular weight excluding hydrogens is 563 g/mol. The number of hydrogen-bond donors (Lipinski definition) is 1. The first-order valence-electron chi connectivity index (χ1n) is 16.3. The number of hydrogen-bond acceptors (Lipinski definition) is 6. The van der Waals surface area contributed by atoms with Crippen LogP contribution in [-0.2, 0) is 43.1 Å². The normalized spacial score (nSPS) is 30.1. The SMILES string of the molecule is CC1(C)[C@@H]2C[C@H]3OB([C@H](Cc4ccccc4)NC(=O)C4(Cc5ccccc5)CC(COCc5ccccc5)=NO4)O[C@@]3(C)[C@H]1C2. The lowest BCUT2D eigenvalue weighted by atomic mass is 9.43. The highest BCUT2D eigenvalue weighted by Gasteiger charge is 2.68. The zero-order valence-corrected chi connectivity index (χ0v) is 26.5. The van der Waals surface area contributed by atoms with Crippen LogP contribution in [0, 0.1) is 17.3 Å². The largest absolute Gasteiger partial charge is 0.482 e. The molecule has 1 unspecified atom stereocenters. The van der Waals surface area contributed by atoms with Crippen molar-refractivity contribution in [3.8, 4) is 0 Å². The molecule has 6 atom stereocenters. The van der Waals surface area contributed by atoms with E-state index in [0.29, 0.717) is 50.0 Å². The third kappa shape index (κ3) is 5.84. The molecule has 1 saturated heterocycles. The van der Waals surface area contributed by atoms with Crippen LogP contribution in [0.2, 0.25) is 0 Å². The van der Waals surface area contributed by atoms with Crippen molar-refractivity contribution in [2.24, 2.45) is 22.4 Å². The van der Waals surface area contributed by atoms with E-state index in [-0.39, 0.29) is 23.0 Å². The van der Waals surface area contributed by atoms with E-state index in [0.717, 1.165) is 23.1 Å². The Morgan fingerprint density at radius 2 is 1.56 bits per heavy atom. The zero-order valence-electron chi connectivity index (χ0n) is 26.5. The van der Waals surface area contributed by atoms with Crippen molar-refractivity contribution in [3.63, 3.8) is 0 Å². The van der Waals surface area contributed by atoms with Gasteiger partial charge in [-0.3, -0.25) is 4.79 Å². The van der Waals surface area contributed by atoms with Gasteiger partial charge in [0.2, 0.25) is 5.60 Å². The van der Waals surface area contributed by atoms with E-state index in [1.54, 1.807) is 0 Å². The van der Waals surface area contributed by atoms with Gasteiger partial charge in [-0.2, -0.15) is 0 Å². The summed E-state index contributed by atoms with van der Waals surface area (Å²) in [6, 6.07) is 30.2. The molecule has 3 aromatic carbocycles. The van der Waals surface area contributed by atoms with Crippen molar-refractivity contribution >= 4 is 18.7 Å². The molecule has 1 N–H and O–H groups in total. The van der Waals surface area contributed by atoms with Gasteiger partial charge in [0.25, 0.3) is 5.91 Å². The summed E-state index contributed by atoms with van der Waals surface area (Å²) in [5.74, 6) is 0.454. The molecule has 0 spiro atoms. The first kappa shape index (κ1) is 30.2. The second-order valence-electron chi connectivity index (χ2n) is 14.2. The topological polar surface area (TPSA) is 78.4 Å². The fourth-order valence-electron chi connectivity index (χ4n) is 8.16. The number of rotatable bonds is 11. The van der Waals surface area contributed by atoms with Gasteiger partial charge < -0.3 is 24.2 Å². The minimum Gasteiger partial charge on any atom is -0.404 e. The highest BCUT2D eigenvalue weighted by atomic mass is 16.7. The average Bonchev–Trinajstić information content (AvgIpc) is 3.63. The van der Waals surface area contributed by atoms with Gasteiger partial charge in [-0.05, 0) is 60.1 Å². The second-order valence-corrected chi connectivity index (χ2v) is 14.2. The molecule has 3 aromatic rings. The first-order valence-corrected chi connectivity index (χ1v) is 16.3. The van der Waals surface area contributed by atoms with Gasteiger partial charge >= 0.3 is 7.12 Å². The fraction of sp³-hybridized carbons (Fsp3) is 0.459. The number of oxime groups is 1. The van der Waals surface area contributed by atoms with E-state index in [2.05, 4.69) is 43.4 Å². The molecule has 45 heavy (non-hydrogen) atoms. The third-order valence-electron chi connectivity index (χ3n) is 10.9. The highest BCUT2D eigenvalue weighted by molar-refractivity contribution is 6.48. The summed E-state index contributed by atoms with van der Waals surface area (Å²) in [6.07, 6.45) is 3.48. The predicted octanol–water partition coefficient (Wildman–Crippen LogP) is 5.96. The van der Waals surface area contributed by atoms with Crippen molar-refractivity contribution in [1.82, 2.24) is 5.32 Å². The van der Waals surface area contributed by atoms with Crippen LogP contribution in [0.3, 0.4) is 0 Å². The van der Waals surface area contributed by atoms with Gasteiger partial charge in [-0.1, -0.05) is 110 Å². The van der Waals surface area contributed by atoms with Gasteiger partial charge in [-0.15, -0.1) is 0 Å². The van der Waals surface area contributed by atoms with Gasteiger partial charge in [0.05, 0.1) is 36.6 Å². The Balaban J connectivity index is 1.11. The molecule has 3 saturated carbocycles. The number of benzene rings is 3. The van der Waals surface area contributed by atoms with Gasteiger partial charge in [-0.25, -0.2) is 0 Å². The molecule has 8 rings (SSSR count). The second kappa shape index (κ2) is 12.0. The van der Waals surface area contributed by atoms with Crippen LogP contribution in [0.15, 0.2) is 96.2 Å². The number of carbonyl (C=O) groups is 1. The van der Waals surface area contributed by atoms with Gasteiger partial charge in [0, 0.05) is 12.8 Å². The molecule has 3 aliphatic carbocycles. The summed E-state index contributed by atoms with van der Waals surface area (Å²) < 4.78 is 19.6. The molecule has 8 heteroatoms. The van der Waals surface area contributed by atoms with E-state index in [4.69, 9.17) is 18.9 Å². The molecular formula is C37H43BN2O5. The summed E-state index contributed by atoms with van der Waals surface area (Å²) in [5.41, 5.74) is 2.56. The van der Waals surface area contributed by atoms with Crippen molar-refractivity contribution in [2.45, 2.75) is 82.7 Å². The molecule has 0 aromatic heterocycles. The molecule has 1 amide bonds.